The molecular formula is C10H7F2NO5. The molecule has 0 saturated carbocycles. The van der Waals surface area contributed by atoms with Crippen LogP contribution in [0.4, 0.5) is 14.5 Å². The van der Waals surface area contributed by atoms with Crippen LogP contribution in [0.1, 0.15) is 27.6 Å². The van der Waals surface area contributed by atoms with E-state index in [0.29, 0.717) is 0 Å². The molecule has 0 unspecified atom stereocenters. The van der Waals surface area contributed by atoms with Crippen LogP contribution in [-0.4, -0.2) is 23.6 Å². The van der Waals surface area contributed by atoms with E-state index in [-0.39, 0.29) is 17.4 Å². The quantitative estimate of drug-likeness (QED) is 0.350. The molecule has 96 valence electrons. The first-order chi connectivity index (χ1) is 8.36. The number of rotatable bonds is 5. The predicted octanol–water partition coefficient (Wildman–Crippen LogP) is 2.21. The van der Waals surface area contributed by atoms with Crippen molar-refractivity contribution in [1.82, 2.24) is 0 Å². The number of nitro benzene ring substituents is 1. The molecule has 1 rings (SSSR count). The molecule has 8 heteroatoms. The van der Waals surface area contributed by atoms with E-state index in [4.69, 9.17) is 0 Å². The van der Waals surface area contributed by atoms with Gasteiger partial charge >= 0.3 is 12.3 Å². The van der Waals surface area contributed by atoms with Gasteiger partial charge in [-0.25, -0.2) is 0 Å². The lowest BCUT2D eigenvalue weighted by Crippen LogP contribution is -2.08. The third-order valence-corrected chi connectivity index (χ3v) is 2.05. The van der Waals surface area contributed by atoms with E-state index in [0.717, 1.165) is 19.1 Å². The molecule has 0 aliphatic carbocycles. The van der Waals surface area contributed by atoms with Crippen LogP contribution in [0.5, 0.6) is 5.75 Å². The van der Waals surface area contributed by atoms with Crippen LogP contribution >= 0.6 is 0 Å². The van der Waals surface area contributed by atoms with Crippen LogP contribution in [0.2, 0.25) is 0 Å². The number of nitrogens with zero attached hydrogens (tertiary/aromatic N) is 1. The molecule has 6 nitrogen and oxygen atoms in total. The molecule has 1 aromatic rings. The summed E-state index contributed by atoms with van der Waals surface area (Å²) in [4.78, 5) is 31.5. The van der Waals surface area contributed by atoms with Crippen molar-refractivity contribution in [3.63, 3.8) is 0 Å². The fraction of sp³-hybridized carbons (Fsp3) is 0.200. The molecule has 0 aliphatic rings. The van der Waals surface area contributed by atoms with Gasteiger partial charge in [0.05, 0.1) is 4.92 Å². The topological polar surface area (TPSA) is 86.5 Å². The number of ether oxygens (including phenoxy) is 1. The predicted molar refractivity (Wildman–Crippen MR) is 55.1 cm³/mol. The standard InChI is InChI=1S/C10H7F2NO5/c1-5(15)7-3-8(13(16)17)9(18-10(11)12)2-6(7)4-14/h2-4,10H,1H3. The molecule has 0 atom stereocenters. The second-order valence-corrected chi connectivity index (χ2v) is 3.22. The number of aldehydes is 1. The van der Waals surface area contributed by atoms with Crippen molar-refractivity contribution in [3.05, 3.63) is 33.4 Å². The average Bonchev–Trinajstić information content (AvgIpc) is 2.26. The third kappa shape index (κ3) is 2.84. The van der Waals surface area contributed by atoms with E-state index < -0.39 is 28.8 Å². The molecule has 0 N–H and O–H groups in total. The number of benzene rings is 1. The first-order valence-corrected chi connectivity index (χ1v) is 4.60. The lowest BCUT2D eigenvalue weighted by molar-refractivity contribution is -0.386. The van der Waals surface area contributed by atoms with Gasteiger partial charge in [0.2, 0.25) is 5.75 Å². The lowest BCUT2D eigenvalue weighted by atomic mass is 10.0. The van der Waals surface area contributed by atoms with E-state index in [9.17, 15) is 28.5 Å². The molecular weight excluding hydrogens is 252 g/mol. The summed E-state index contributed by atoms with van der Waals surface area (Å²) in [6.45, 7) is -2.17. The first kappa shape index (κ1) is 13.7. The van der Waals surface area contributed by atoms with E-state index in [2.05, 4.69) is 4.74 Å². The van der Waals surface area contributed by atoms with Gasteiger partial charge < -0.3 is 4.74 Å². The highest BCUT2D eigenvalue weighted by Gasteiger charge is 2.23. The van der Waals surface area contributed by atoms with Crippen LogP contribution in [0.3, 0.4) is 0 Å². The van der Waals surface area contributed by atoms with Crippen molar-refractivity contribution < 1.29 is 28.0 Å². The van der Waals surface area contributed by atoms with E-state index in [1.165, 1.54) is 0 Å². The molecule has 18 heavy (non-hydrogen) atoms. The Morgan fingerprint density at radius 3 is 2.50 bits per heavy atom. The van der Waals surface area contributed by atoms with Crippen molar-refractivity contribution in [2.75, 3.05) is 0 Å². The molecule has 0 aliphatic heterocycles. The maximum absolute atomic E-state index is 12.1. The van der Waals surface area contributed by atoms with Crippen molar-refractivity contribution in [2.45, 2.75) is 13.5 Å². The minimum absolute atomic E-state index is 0.224. The van der Waals surface area contributed by atoms with E-state index >= 15 is 0 Å². The number of hydrogen-bond donors (Lipinski definition) is 0. The molecule has 1 aromatic carbocycles. The summed E-state index contributed by atoms with van der Waals surface area (Å²) in [7, 11) is 0. The highest BCUT2D eigenvalue weighted by Crippen LogP contribution is 2.31. The Morgan fingerprint density at radius 2 is 2.11 bits per heavy atom. The smallest absolute Gasteiger partial charge is 0.387 e. The molecule has 0 radical (unpaired) electrons. The van der Waals surface area contributed by atoms with E-state index in [1.807, 2.05) is 0 Å². The zero-order chi connectivity index (χ0) is 13.9. The average molecular weight is 259 g/mol. The fourth-order valence-electron chi connectivity index (χ4n) is 1.32. The normalized spacial score (nSPS) is 10.2. The number of hydrogen-bond acceptors (Lipinski definition) is 5. The van der Waals surface area contributed by atoms with Gasteiger partial charge in [-0.1, -0.05) is 0 Å². The third-order valence-electron chi connectivity index (χ3n) is 2.05. The summed E-state index contributed by atoms with van der Waals surface area (Å²) < 4.78 is 28.1. The van der Waals surface area contributed by atoms with Gasteiger partial charge in [0.15, 0.2) is 12.1 Å². The number of carbonyl (C=O) groups is 2. The van der Waals surface area contributed by atoms with Crippen LogP contribution < -0.4 is 4.74 Å². The summed E-state index contributed by atoms with van der Waals surface area (Å²) in [6.07, 6.45) is 0.235. The SMILES string of the molecule is CC(=O)c1cc([N+](=O)[O-])c(OC(F)F)cc1C=O. The summed E-state index contributed by atoms with van der Waals surface area (Å²) in [6, 6.07) is 1.48. The Labute approximate surface area is 99.3 Å². The maximum Gasteiger partial charge on any atom is 0.387 e. The number of alkyl halides is 2. The van der Waals surface area contributed by atoms with Crippen molar-refractivity contribution in [3.8, 4) is 5.75 Å². The Morgan fingerprint density at radius 1 is 1.50 bits per heavy atom. The van der Waals surface area contributed by atoms with Gasteiger partial charge in [-0.3, -0.25) is 19.7 Å². The van der Waals surface area contributed by atoms with Gasteiger partial charge in [0, 0.05) is 17.2 Å². The monoisotopic (exact) mass is 259 g/mol. The van der Waals surface area contributed by atoms with Gasteiger partial charge in [-0.05, 0) is 13.0 Å². The number of Topliss-reactive ketones (excluding diaryl/α,β-unsaturated/α-hetero) is 1. The number of nitro groups is 1. The number of carbonyl (C=O) groups excluding carboxylic acids is 2. The maximum atomic E-state index is 12.1. The summed E-state index contributed by atoms with van der Waals surface area (Å²) in [5.74, 6) is -1.36. The number of halogens is 2. The van der Waals surface area contributed by atoms with E-state index in [1.54, 1.807) is 0 Å². The molecule has 0 aromatic heterocycles. The molecule has 0 amide bonds. The minimum Gasteiger partial charge on any atom is -0.427 e. The molecule has 0 bridgehead atoms. The van der Waals surface area contributed by atoms with Gasteiger partial charge in [0.25, 0.3) is 0 Å². The Bertz CT molecular complexity index is 515. The largest absolute Gasteiger partial charge is 0.427 e. The molecule has 0 saturated heterocycles. The minimum atomic E-state index is -3.27. The number of ketones is 1. The van der Waals surface area contributed by atoms with Crippen molar-refractivity contribution in [2.24, 2.45) is 0 Å². The Hall–Kier alpha value is -2.38. The van der Waals surface area contributed by atoms with Crippen LogP contribution in [0.25, 0.3) is 0 Å². The fourth-order valence-corrected chi connectivity index (χ4v) is 1.32. The van der Waals surface area contributed by atoms with Crippen LogP contribution in [-0.2, 0) is 0 Å². The lowest BCUT2D eigenvalue weighted by Gasteiger charge is -2.08. The van der Waals surface area contributed by atoms with Gasteiger partial charge in [-0.15, -0.1) is 0 Å². The first-order valence-electron chi connectivity index (χ1n) is 4.60. The zero-order valence-corrected chi connectivity index (χ0v) is 9.05. The Balaban J connectivity index is 3.46. The second-order valence-electron chi connectivity index (χ2n) is 3.22. The van der Waals surface area contributed by atoms with Crippen molar-refractivity contribution in [1.29, 1.82) is 0 Å². The molecule has 0 fully saturated rings. The molecule has 0 spiro atoms. The van der Waals surface area contributed by atoms with Gasteiger partial charge in [0.1, 0.15) is 0 Å². The summed E-state index contributed by atoms with van der Waals surface area (Å²) >= 11 is 0. The summed E-state index contributed by atoms with van der Waals surface area (Å²) in [5.41, 5.74) is -1.27. The highest BCUT2D eigenvalue weighted by molar-refractivity contribution is 6.02. The summed E-state index contributed by atoms with van der Waals surface area (Å²) in [5, 5.41) is 10.7. The van der Waals surface area contributed by atoms with Crippen LogP contribution in [0, 0.1) is 10.1 Å². The van der Waals surface area contributed by atoms with Crippen molar-refractivity contribution >= 4 is 17.8 Å². The van der Waals surface area contributed by atoms with Gasteiger partial charge in [-0.2, -0.15) is 8.78 Å². The zero-order valence-electron chi connectivity index (χ0n) is 9.05. The highest BCUT2D eigenvalue weighted by atomic mass is 19.3. The molecule has 0 heterocycles. The van der Waals surface area contributed by atoms with Crippen LogP contribution in [0.15, 0.2) is 12.1 Å². The Kier molecular flexibility index (Phi) is 4.03. The second kappa shape index (κ2) is 5.30.